The molecule has 5 heteroatoms. The van der Waals surface area contributed by atoms with Gasteiger partial charge in [0, 0.05) is 0 Å². The molecule has 0 aliphatic carbocycles. The Morgan fingerprint density at radius 1 is 1.00 bits per heavy atom. The summed E-state index contributed by atoms with van der Waals surface area (Å²) in [6, 6.07) is 13.3. The molecule has 0 fully saturated rings. The van der Waals surface area contributed by atoms with Crippen molar-refractivity contribution < 1.29 is 19.0 Å². The molecule has 0 N–H and O–H groups in total. The van der Waals surface area contributed by atoms with Crippen molar-refractivity contribution in [2.75, 3.05) is 6.61 Å². The number of para-hydroxylation sites is 1. The fourth-order valence-corrected chi connectivity index (χ4v) is 1.68. The lowest BCUT2D eigenvalue weighted by Crippen LogP contribution is -2.13. The Hall–Kier alpha value is -2.20. The SMILES string of the molecule is CCOc1ccc(OC(=O)Oc2ccccc2Cl)cc1. The molecule has 0 aliphatic heterocycles. The van der Waals surface area contributed by atoms with E-state index in [1.807, 2.05) is 6.92 Å². The first-order chi connectivity index (χ1) is 9.69. The molecule has 4 nitrogen and oxygen atoms in total. The summed E-state index contributed by atoms with van der Waals surface area (Å²) in [4.78, 5) is 11.6. The Morgan fingerprint density at radius 2 is 1.65 bits per heavy atom. The standard InChI is InChI=1S/C15H13ClO4/c1-2-18-11-7-9-12(10-8-11)19-15(17)20-14-6-4-3-5-13(14)16/h3-10H,2H2,1H3. The average Bonchev–Trinajstić information content (AvgIpc) is 2.44. The minimum Gasteiger partial charge on any atom is -0.494 e. The maximum absolute atomic E-state index is 11.6. The van der Waals surface area contributed by atoms with Crippen molar-refractivity contribution in [1.82, 2.24) is 0 Å². The maximum atomic E-state index is 11.6. The monoisotopic (exact) mass is 292 g/mol. The number of carbonyl (C=O) groups excluding carboxylic acids is 1. The molecule has 2 aromatic rings. The Kier molecular flexibility index (Phi) is 4.85. The molecule has 0 bridgehead atoms. The molecule has 0 atom stereocenters. The zero-order valence-corrected chi connectivity index (χ0v) is 11.6. The molecule has 2 aromatic carbocycles. The van der Waals surface area contributed by atoms with E-state index in [4.69, 9.17) is 25.8 Å². The zero-order chi connectivity index (χ0) is 14.4. The lowest BCUT2D eigenvalue weighted by atomic mass is 10.3. The van der Waals surface area contributed by atoms with Gasteiger partial charge in [-0.05, 0) is 43.3 Å². The van der Waals surface area contributed by atoms with Crippen molar-refractivity contribution in [2.24, 2.45) is 0 Å². The van der Waals surface area contributed by atoms with Gasteiger partial charge in [-0.3, -0.25) is 0 Å². The van der Waals surface area contributed by atoms with Gasteiger partial charge >= 0.3 is 6.16 Å². The number of carbonyl (C=O) groups is 1. The number of hydrogen-bond acceptors (Lipinski definition) is 4. The second kappa shape index (κ2) is 6.82. The minimum atomic E-state index is -0.845. The molecule has 0 saturated carbocycles. The van der Waals surface area contributed by atoms with Gasteiger partial charge in [-0.15, -0.1) is 0 Å². The molecule has 0 aliphatic rings. The van der Waals surface area contributed by atoms with Crippen LogP contribution in [0.25, 0.3) is 0 Å². The molecule has 2 rings (SSSR count). The summed E-state index contributed by atoms with van der Waals surface area (Å²) in [6.45, 7) is 2.47. The van der Waals surface area contributed by atoms with Crippen LogP contribution >= 0.6 is 11.6 Å². The third kappa shape index (κ3) is 3.90. The predicted molar refractivity (Wildman–Crippen MR) is 75.7 cm³/mol. The van der Waals surface area contributed by atoms with Crippen LogP contribution < -0.4 is 14.2 Å². The van der Waals surface area contributed by atoms with E-state index >= 15 is 0 Å². The molecular formula is C15H13ClO4. The first-order valence-corrected chi connectivity index (χ1v) is 6.44. The number of benzene rings is 2. The highest BCUT2D eigenvalue weighted by Crippen LogP contribution is 2.24. The molecule has 104 valence electrons. The van der Waals surface area contributed by atoms with Crippen LogP contribution in [-0.2, 0) is 0 Å². The summed E-state index contributed by atoms with van der Waals surface area (Å²) in [5, 5.41) is 0.344. The van der Waals surface area contributed by atoms with Gasteiger partial charge in [0.05, 0.1) is 11.6 Å². The van der Waals surface area contributed by atoms with Crippen molar-refractivity contribution in [3.63, 3.8) is 0 Å². The number of rotatable bonds is 4. The van der Waals surface area contributed by atoms with Gasteiger partial charge in [0.25, 0.3) is 0 Å². The quantitative estimate of drug-likeness (QED) is 0.622. The first-order valence-electron chi connectivity index (χ1n) is 6.06. The Bertz CT molecular complexity index is 581. The van der Waals surface area contributed by atoms with Crippen LogP contribution in [0, 0.1) is 0 Å². The number of halogens is 1. The summed E-state index contributed by atoms with van der Waals surface area (Å²) in [7, 11) is 0. The van der Waals surface area contributed by atoms with Gasteiger partial charge in [0.1, 0.15) is 11.5 Å². The molecule has 0 aromatic heterocycles. The van der Waals surface area contributed by atoms with E-state index in [0.29, 0.717) is 23.1 Å². The molecule has 0 amide bonds. The largest absolute Gasteiger partial charge is 0.519 e. The van der Waals surface area contributed by atoms with Crippen molar-refractivity contribution in [3.8, 4) is 17.2 Å². The van der Waals surface area contributed by atoms with Crippen LogP contribution in [0.4, 0.5) is 4.79 Å². The van der Waals surface area contributed by atoms with E-state index in [1.54, 1.807) is 48.5 Å². The van der Waals surface area contributed by atoms with Crippen LogP contribution in [0.15, 0.2) is 48.5 Å². The summed E-state index contributed by atoms with van der Waals surface area (Å²) >= 11 is 5.88. The molecule has 0 saturated heterocycles. The topological polar surface area (TPSA) is 44.8 Å². The van der Waals surface area contributed by atoms with Crippen LogP contribution in [-0.4, -0.2) is 12.8 Å². The maximum Gasteiger partial charge on any atom is 0.519 e. The average molecular weight is 293 g/mol. The fourth-order valence-electron chi connectivity index (χ4n) is 1.50. The normalized spacial score (nSPS) is 9.90. The van der Waals surface area contributed by atoms with E-state index in [9.17, 15) is 4.79 Å². The van der Waals surface area contributed by atoms with Gasteiger partial charge < -0.3 is 14.2 Å². The van der Waals surface area contributed by atoms with Gasteiger partial charge in [0.2, 0.25) is 0 Å². The third-order valence-corrected chi connectivity index (χ3v) is 2.68. The molecule has 0 radical (unpaired) electrons. The number of ether oxygens (including phenoxy) is 3. The van der Waals surface area contributed by atoms with Crippen molar-refractivity contribution in [3.05, 3.63) is 53.6 Å². The van der Waals surface area contributed by atoms with Gasteiger partial charge in [-0.1, -0.05) is 23.7 Å². The molecule has 20 heavy (non-hydrogen) atoms. The smallest absolute Gasteiger partial charge is 0.494 e. The van der Waals surface area contributed by atoms with E-state index in [0.717, 1.165) is 0 Å². The highest BCUT2D eigenvalue weighted by atomic mass is 35.5. The summed E-state index contributed by atoms with van der Waals surface area (Å²) < 4.78 is 15.3. The zero-order valence-electron chi connectivity index (χ0n) is 10.8. The van der Waals surface area contributed by atoms with E-state index < -0.39 is 6.16 Å². The minimum absolute atomic E-state index is 0.255. The highest BCUT2D eigenvalue weighted by molar-refractivity contribution is 6.32. The van der Waals surface area contributed by atoms with E-state index in [1.165, 1.54) is 0 Å². The second-order valence-corrected chi connectivity index (χ2v) is 4.20. The van der Waals surface area contributed by atoms with E-state index in [2.05, 4.69) is 0 Å². The Morgan fingerprint density at radius 3 is 2.30 bits per heavy atom. The lowest BCUT2D eigenvalue weighted by Gasteiger charge is -2.07. The fraction of sp³-hybridized carbons (Fsp3) is 0.133. The van der Waals surface area contributed by atoms with Gasteiger partial charge in [-0.2, -0.15) is 0 Å². The second-order valence-electron chi connectivity index (χ2n) is 3.79. The summed E-state index contributed by atoms with van der Waals surface area (Å²) in [6.07, 6.45) is -0.845. The first kappa shape index (κ1) is 14.2. The lowest BCUT2D eigenvalue weighted by molar-refractivity contribution is 0.152. The van der Waals surface area contributed by atoms with Crippen LogP contribution in [0.2, 0.25) is 5.02 Å². The van der Waals surface area contributed by atoms with Crippen LogP contribution in [0.1, 0.15) is 6.92 Å². The van der Waals surface area contributed by atoms with Crippen molar-refractivity contribution in [1.29, 1.82) is 0 Å². The van der Waals surface area contributed by atoms with E-state index in [-0.39, 0.29) is 5.75 Å². The summed E-state index contributed by atoms with van der Waals surface area (Å²) in [5.74, 6) is 1.33. The Labute approximate surface area is 121 Å². The molecule has 0 spiro atoms. The van der Waals surface area contributed by atoms with Gasteiger partial charge in [0.15, 0.2) is 5.75 Å². The van der Waals surface area contributed by atoms with Crippen molar-refractivity contribution >= 4 is 17.8 Å². The third-order valence-electron chi connectivity index (χ3n) is 2.37. The highest BCUT2D eigenvalue weighted by Gasteiger charge is 2.10. The number of hydrogen-bond donors (Lipinski definition) is 0. The molecule has 0 unspecified atom stereocenters. The van der Waals surface area contributed by atoms with Crippen molar-refractivity contribution in [2.45, 2.75) is 6.92 Å². The van der Waals surface area contributed by atoms with Gasteiger partial charge in [-0.25, -0.2) is 4.79 Å². The van der Waals surface area contributed by atoms with Crippen LogP contribution in [0.5, 0.6) is 17.2 Å². The predicted octanol–water partition coefficient (Wildman–Crippen LogP) is 4.32. The summed E-state index contributed by atoms with van der Waals surface area (Å²) in [5.41, 5.74) is 0. The van der Waals surface area contributed by atoms with Crippen LogP contribution in [0.3, 0.4) is 0 Å². The Balaban J connectivity index is 1.96. The molecule has 0 heterocycles. The molecular weight excluding hydrogens is 280 g/mol.